The predicted molar refractivity (Wildman–Crippen MR) is 77.1 cm³/mol. The first-order valence-corrected chi connectivity index (χ1v) is 6.05. The summed E-state index contributed by atoms with van der Waals surface area (Å²) in [5.74, 6) is 0.0202. The van der Waals surface area contributed by atoms with Crippen LogP contribution in [-0.4, -0.2) is 15.0 Å². The van der Waals surface area contributed by atoms with Crippen molar-refractivity contribution in [2.24, 2.45) is 5.73 Å². The summed E-state index contributed by atoms with van der Waals surface area (Å²) in [5, 5.41) is 2.97. The topological polar surface area (TPSA) is 63.8 Å². The molecular formula is C13H13FN4S. The smallest absolute Gasteiger partial charge is 0.228 e. The molecule has 2 rings (SSSR count). The minimum Gasteiger partial charge on any atom is -0.388 e. The zero-order valence-corrected chi connectivity index (χ0v) is 11.4. The highest BCUT2D eigenvalue weighted by atomic mass is 32.1. The second-order valence-corrected chi connectivity index (χ2v) is 4.61. The maximum atomic E-state index is 13.2. The Morgan fingerprint density at radius 3 is 2.68 bits per heavy atom. The molecule has 2 aromatic rings. The number of nitrogens with zero attached hydrogens (tertiary/aromatic N) is 2. The van der Waals surface area contributed by atoms with Gasteiger partial charge in [-0.15, -0.1) is 0 Å². The highest BCUT2D eigenvalue weighted by molar-refractivity contribution is 7.80. The highest BCUT2D eigenvalue weighted by Crippen LogP contribution is 2.19. The van der Waals surface area contributed by atoms with Crippen LogP contribution < -0.4 is 11.1 Å². The fourth-order valence-corrected chi connectivity index (χ4v) is 1.70. The van der Waals surface area contributed by atoms with Crippen LogP contribution in [0.15, 0.2) is 24.3 Å². The average molecular weight is 276 g/mol. The molecule has 0 aliphatic rings. The molecule has 0 saturated carbocycles. The third-order valence-electron chi connectivity index (χ3n) is 2.55. The molecule has 3 N–H and O–H groups in total. The van der Waals surface area contributed by atoms with Gasteiger partial charge in [-0.05, 0) is 37.6 Å². The van der Waals surface area contributed by atoms with Crippen LogP contribution in [0.1, 0.15) is 17.0 Å². The van der Waals surface area contributed by atoms with Crippen molar-refractivity contribution < 1.29 is 4.39 Å². The van der Waals surface area contributed by atoms with Gasteiger partial charge in [0.15, 0.2) is 0 Å². The predicted octanol–water partition coefficient (Wildman–Crippen LogP) is 2.61. The molecule has 0 radical (unpaired) electrons. The largest absolute Gasteiger partial charge is 0.388 e. The first-order valence-electron chi connectivity index (χ1n) is 5.64. The molecular weight excluding hydrogens is 263 g/mol. The molecule has 0 saturated heterocycles. The summed E-state index contributed by atoms with van der Waals surface area (Å²) in [6.07, 6.45) is 0. The molecule has 6 heteroatoms. The molecule has 0 spiro atoms. The summed E-state index contributed by atoms with van der Waals surface area (Å²) >= 11 is 4.89. The number of nitrogens with one attached hydrogen (secondary N) is 1. The Bertz CT molecular complexity index is 643. The number of hydrogen-bond donors (Lipinski definition) is 2. The summed E-state index contributed by atoms with van der Waals surface area (Å²) in [6, 6.07) is 6.17. The molecule has 0 aliphatic heterocycles. The van der Waals surface area contributed by atoms with Gasteiger partial charge in [0.25, 0.3) is 0 Å². The Labute approximate surface area is 115 Å². The van der Waals surface area contributed by atoms with Gasteiger partial charge in [-0.1, -0.05) is 18.3 Å². The number of aryl methyl sites for hydroxylation is 2. The van der Waals surface area contributed by atoms with E-state index in [2.05, 4.69) is 15.3 Å². The van der Waals surface area contributed by atoms with Crippen molar-refractivity contribution in [1.82, 2.24) is 9.97 Å². The molecule has 1 aromatic heterocycles. The van der Waals surface area contributed by atoms with Crippen molar-refractivity contribution in [3.05, 3.63) is 47.0 Å². The number of thiocarbonyl (C=S) groups is 1. The number of rotatable bonds is 3. The van der Waals surface area contributed by atoms with Crippen molar-refractivity contribution in [3.8, 4) is 0 Å². The van der Waals surface area contributed by atoms with E-state index in [1.54, 1.807) is 12.1 Å². The lowest BCUT2D eigenvalue weighted by atomic mass is 10.2. The lowest BCUT2D eigenvalue weighted by Gasteiger charge is -2.10. The number of aromatic nitrogens is 2. The Morgan fingerprint density at radius 1 is 1.26 bits per heavy atom. The third kappa shape index (κ3) is 3.23. The van der Waals surface area contributed by atoms with E-state index in [9.17, 15) is 4.39 Å². The van der Waals surface area contributed by atoms with Crippen LogP contribution in [0.4, 0.5) is 16.0 Å². The number of hydrogen-bond acceptors (Lipinski definition) is 4. The van der Waals surface area contributed by atoms with Gasteiger partial charge in [0, 0.05) is 11.4 Å². The highest BCUT2D eigenvalue weighted by Gasteiger charge is 2.07. The fraction of sp³-hybridized carbons (Fsp3) is 0.154. The molecule has 0 bridgehead atoms. The Kier molecular flexibility index (Phi) is 3.71. The molecule has 98 valence electrons. The second kappa shape index (κ2) is 5.27. The zero-order chi connectivity index (χ0) is 14.0. The van der Waals surface area contributed by atoms with Gasteiger partial charge in [-0.25, -0.2) is 14.4 Å². The second-order valence-electron chi connectivity index (χ2n) is 4.17. The van der Waals surface area contributed by atoms with Gasteiger partial charge in [-0.3, -0.25) is 0 Å². The number of anilines is 2. The zero-order valence-electron chi connectivity index (χ0n) is 10.6. The third-order valence-corrected chi connectivity index (χ3v) is 2.76. The van der Waals surface area contributed by atoms with E-state index in [1.807, 2.05) is 13.8 Å². The normalized spacial score (nSPS) is 10.3. The Balaban J connectivity index is 2.38. The minimum atomic E-state index is -0.324. The van der Waals surface area contributed by atoms with E-state index in [0.29, 0.717) is 17.3 Å². The SMILES string of the molecule is Cc1cc(C(N)=S)nc(Nc2cc(F)ccc2C)n1. The summed E-state index contributed by atoms with van der Waals surface area (Å²) in [7, 11) is 0. The molecule has 19 heavy (non-hydrogen) atoms. The van der Waals surface area contributed by atoms with Gasteiger partial charge in [0.05, 0.1) is 0 Å². The molecule has 0 aliphatic carbocycles. The van der Waals surface area contributed by atoms with Crippen molar-refractivity contribution in [3.63, 3.8) is 0 Å². The van der Waals surface area contributed by atoms with E-state index in [-0.39, 0.29) is 10.8 Å². The first kappa shape index (κ1) is 13.4. The van der Waals surface area contributed by atoms with Crippen LogP contribution in [0.2, 0.25) is 0 Å². The maximum Gasteiger partial charge on any atom is 0.228 e. The van der Waals surface area contributed by atoms with E-state index < -0.39 is 0 Å². The van der Waals surface area contributed by atoms with E-state index in [0.717, 1.165) is 11.3 Å². The van der Waals surface area contributed by atoms with Crippen LogP contribution in [-0.2, 0) is 0 Å². The molecule has 0 amide bonds. The van der Waals surface area contributed by atoms with Crippen LogP contribution in [0.5, 0.6) is 0 Å². The van der Waals surface area contributed by atoms with Gasteiger partial charge in [-0.2, -0.15) is 0 Å². The van der Waals surface area contributed by atoms with Crippen LogP contribution >= 0.6 is 12.2 Å². The number of halogens is 1. The first-order chi connectivity index (χ1) is 8.95. The number of benzene rings is 1. The molecule has 0 unspecified atom stereocenters. The lowest BCUT2D eigenvalue weighted by Crippen LogP contribution is -2.14. The summed E-state index contributed by atoms with van der Waals surface area (Å²) in [4.78, 5) is 8.61. The van der Waals surface area contributed by atoms with Gasteiger partial charge >= 0.3 is 0 Å². The van der Waals surface area contributed by atoms with Gasteiger partial charge < -0.3 is 11.1 Å². The molecule has 4 nitrogen and oxygen atoms in total. The molecule has 0 atom stereocenters. The van der Waals surface area contributed by atoms with Crippen molar-refractivity contribution >= 4 is 28.8 Å². The summed E-state index contributed by atoms with van der Waals surface area (Å²) < 4.78 is 13.2. The Morgan fingerprint density at radius 2 is 2.00 bits per heavy atom. The summed E-state index contributed by atoms with van der Waals surface area (Å²) in [5.41, 5.74) is 8.27. The summed E-state index contributed by atoms with van der Waals surface area (Å²) in [6.45, 7) is 3.68. The fourth-order valence-electron chi connectivity index (χ4n) is 1.60. The molecule has 1 heterocycles. The van der Waals surface area contributed by atoms with Crippen molar-refractivity contribution in [2.45, 2.75) is 13.8 Å². The molecule has 0 fully saturated rings. The van der Waals surface area contributed by atoms with Crippen LogP contribution in [0.3, 0.4) is 0 Å². The average Bonchev–Trinajstić information content (AvgIpc) is 2.33. The minimum absolute atomic E-state index is 0.199. The van der Waals surface area contributed by atoms with Crippen LogP contribution in [0.25, 0.3) is 0 Å². The quantitative estimate of drug-likeness (QED) is 0.844. The monoisotopic (exact) mass is 276 g/mol. The van der Waals surface area contributed by atoms with E-state index in [4.69, 9.17) is 18.0 Å². The lowest BCUT2D eigenvalue weighted by molar-refractivity contribution is 0.628. The Hall–Kier alpha value is -2.08. The van der Waals surface area contributed by atoms with Gasteiger partial charge in [0.2, 0.25) is 5.95 Å². The van der Waals surface area contributed by atoms with E-state index >= 15 is 0 Å². The van der Waals surface area contributed by atoms with E-state index in [1.165, 1.54) is 12.1 Å². The number of nitrogens with two attached hydrogens (primary N) is 1. The van der Waals surface area contributed by atoms with Crippen LogP contribution in [0, 0.1) is 19.7 Å². The van der Waals surface area contributed by atoms with Gasteiger partial charge in [0.1, 0.15) is 16.5 Å². The van der Waals surface area contributed by atoms with Crippen molar-refractivity contribution in [2.75, 3.05) is 5.32 Å². The molecule has 1 aromatic carbocycles. The maximum absolute atomic E-state index is 13.2. The van der Waals surface area contributed by atoms with Crippen molar-refractivity contribution in [1.29, 1.82) is 0 Å². The standard InChI is InChI=1S/C13H13FN4S/c1-7-3-4-9(14)6-10(7)17-13-16-8(2)5-11(18-13)12(15)19/h3-6H,1-2H3,(H2,15,19)(H,16,17,18).